The molecule has 34 heavy (non-hydrogen) atoms. The van der Waals surface area contributed by atoms with Gasteiger partial charge in [-0.3, -0.25) is 4.79 Å². The normalized spacial score (nSPS) is 12.7. The number of nitrogens with zero attached hydrogens (tertiary/aromatic N) is 2. The number of alkyl halides is 3. The molecule has 0 atom stereocenters. The van der Waals surface area contributed by atoms with Crippen molar-refractivity contribution in [1.29, 1.82) is 0 Å². The molecule has 0 amide bonds. The summed E-state index contributed by atoms with van der Waals surface area (Å²) < 4.78 is 45.9. The van der Waals surface area contributed by atoms with Gasteiger partial charge < -0.3 is 4.74 Å². The first-order chi connectivity index (χ1) is 16.3. The van der Waals surface area contributed by atoms with Crippen LogP contribution in [0.2, 0.25) is 0 Å². The Morgan fingerprint density at radius 2 is 1.74 bits per heavy atom. The van der Waals surface area contributed by atoms with Gasteiger partial charge in [-0.25, -0.2) is 4.68 Å². The van der Waals surface area contributed by atoms with Gasteiger partial charge in [0.25, 0.3) is 0 Å². The molecule has 0 aliphatic heterocycles. The van der Waals surface area contributed by atoms with Gasteiger partial charge in [0.15, 0.2) is 0 Å². The molecular weight excluding hydrogens is 441 g/mol. The fourth-order valence-corrected chi connectivity index (χ4v) is 4.45. The molecule has 1 aliphatic carbocycles. The van der Waals surface area contributed by atoms with E-state index in [-0.39, 0.29) is 12.1 Å². The minimum atomic E-state index is -4.46. The highest BCUT2D eigenvalue weighted by Gasteiger charge is 2.30. The van der Waals surface area contributed by atoms with E-state index >= 15 is 0 Å². The number of aryl methyl sites for hydroxylation is 2. The van der Waals surface area contributed by atoms with Gasteiger partial charge in [0.05, 0.1) is 30.5 Å². The third-order valence-corrected chi connectivity index (χ3v) is 6.14. The summed E-state index contributed by atoms with van der Waals surface area (Å²) in [6.45, 7) is 0. The Morgan fingerprint density at radius 1 is 0.971 bits per heavy atom. The van der Waals surface area contributed by atoms with E-state index in [1.165, 1.54) is 34.5 Å². The van der Waals surface area contributed by atoms with Crippen LogP contribution in [0.25, 0.3) is 28.1 Å². The standard InChI is InChI=1S/C27H21F3N2O2/c1-34-25(33)14-20-16-32(22-7-4-6-21(15-22)27(28,29)30)31-26(20)19-11-12-24-18(13-19)10-9-17-5-2-3-8-23(17)24/h2-8,11-13,15-16H,9-10,14H2,1H3. The highest BCUT2D eigenvalue weighted by Crippen LogP contribution is 2.37. The van der Waals surface area contributed by atoms with Gasteiger partial charge >= 0.3 is 12.1 Å². The van der Waals surface area contributed by atoms with Gasteiger partial charge in [-0.1, -0.05) is 42.5 Å². The van der Waals surface area contributed by atoms with Crippen LogP contribution >= 0.6 is 0 Å². The lowest BCUT2D eigenvalue weighted by molar-refractivity contribution is -0.140. The molecule has 0 saturated carbocycles. The molecule has 1 heterocycles. The third kappa shape index (κ3) is 4.09. The Kier molecular flexibility index (Phi) is 5.48. The van der Waals surface area contributed by atoms with Crippen LogP contribution in [-0.4, -0.2) is 22.9 Å². The van der Waals surface area contributed by atoms with Crippen LogP contribution in [0.15, 0.2) is 72.9 Å². The van der Waals surface area contributed by atoms with Crippen LogP contribution < -0.4 is 0 Å². The summed E-state index contributed by atoms with van der Waals surface area (Å²) in [7, 11) is 1.30. The lowest BCUT2D eigenvalue weighted by atomic mass is 9.84. The van der Waals surface area contributed by atoms with Crippen molar-refractivity contribution in [3.63, 3.8) is 0 Å². The van der Waals surface area contributed by atoms with Gasteiger partial charge in [-0.15, -0.1) is 0 Å². The molecule has 172 valence electrons. The molecule has 5 rings (SSSR count). The second-order valence-corrected chi connectivity index (χ2v) is 8.28. The van der Waals surface area contributed by atoms with Crippen molar-refractivity contribution in [2.24, 2.45) is 0 Å². The van der Waals surface area contributed by atoms with Crippen molar-refractivity contribution in [2.75, 3.05) is 7.11 Å². The highest BCUT2D eigenvalue weighted by molar-refractivity contribution is 5.79. The second kappa shape index (κ2) is 8.48. The Morgan fingerprint density at radius 3 is 2.53 bits per heavy atom. The number of ether oxygens (including phenoxy) is 1. The summed E-state index contributed by atoms with van der Waals surface area (Å²) in [5, 5.41) is 4.60. The number of aromatic nitrogens is 2. The third-order valence-electron chi connectivity index (χ3n) is 6.14. The lowest BCUT2D eigenvalue weighted by Crippen LogP contribution is -2.06. The number of rotatable bonds is 4. The van der Waals surface area contributed by atoms with E-state index in [0.717, 1.165) is 36.1 Å². The topological polar surface area (TPSA) is 44.1 Å². The molecule has 4 aromatic rings. The average molecular weight is 462 g/mol. The summed E-state index contributed by atoms with van der Waals surface area (Å²) in [6.07, 6.45) is -1.10. The minimum Gasteiger partial charge on any atom is -0.469 e. The van der Waals surface area contributed by atoms with E-state index in [0.29, 0.717) is 11.3 Å². The summed E-state index contributed by atoms with van der Waals surface area (Å²) >= 11 is 0. The summed E-state index contributed by atoms with van der Waals surface area (Å²) in [6, 6.07) is 19.3. The Labute approximate surface area is 194 Å². The fourth-order valence-electron chi connectivity index (χ4n) is 4.45. The number of hydrogen-bond acceptors (Lipinski definition) is 3. The maximum Gasteiger partial charge on any atom is 0.416 e. The number of carbonyl (C=O) groups is 1. The molecule has 0 fully saturated rings. The van der Waals surface area contributed by atoms with E-state index in [9.17, 15) is 18.0 Å². The van der Waals surface area contributed by atoms with E-state index in [2.05, 4.69) is 23.3 Å². The first-order valence-electron chi connectivity index (χ1n) is 10.9. The largest absolute Gasteiger partial charge is 0.469 e. The first-order valence-corrected chi connectivity index (χ1v) is 10.9. The van der Waals surface area contributed by atoms with Crippen LogP contribution in [-0.2, 0) is 35.0 Å². The van der Waals surface area contributed by atoms with Crippen molar-refractivity contribution in [2.45, 2.75) is 25.4 Å². The fraction of sp³-hybridized carbons (Fsp3) is 0.185. The predicted molar refractivity (Wildman–Crippen MR) is 123 cm³/mol. The lowest BCUT2D eigenvalue weighted by Gasteiger charge is -2.20. The first kappa shape index (κ1) is 21.9. The number of methoxy groups -OCH3 is 1. The summed E-state index contributed by atoms with van der Waals surface area (Å²) in [5.41, 5.74) is 6.30. The number of hydrogen-bond donors (Lipinski definition) is 0. The van der Waals surface area contributed by atoms with E-state index in [1.54, 1.807) is 12.3 Å². The second-order valence-electron chi connectivity index (χ2n) is 8.28. The molecule has 0 bridgehead atoms. The number of esters is 1. The highest BCUT2D eigenvalue weighted by atomic mass is 19.4. The minimum absolute atomic E-state index is 0.0370. The van der Waals surface area contributed by atoms with Crippen LogP contribution in [0.3, 0.4) is 0 Å². The summed E-state index contributed by atoms with van der Waals surface area (Å²) in [5.74, 6) is -0.447. The smallest absolute Gasteiger partial charge is 0.416 e. The Bertz CT molecular complexity index is 1390. The van der Waals surface area contributed by atoms with Crippen molar-refractivity contribution in [3.8, 4) is 28.1 Å². The predicted octanol–water partition coefficient (Wildman–Crippen LogP) is 6.04. The maximum atomic E-state index is 13.2. The molecule has 0 spiro atoms. The van der Waals surface area contributed by atoms with Gasteiger partial charge in [0.1, 0.15) is 0 Å². The van der Waals surface area contributed by atoms with Crippen LogP contribution in [0.1, 0.15) is 22.3 Å². The van der Waals surface area contributed by atoms with Crippen molar-refractivity contribution in [3.05, 3.63) is 95.2 Å². The molecule has 7 heteroatoms. The molecule has 1 aromatic heterocycles. The monoisotopic (exact) mass is 462 g/mol. The number of benzene rings is 3. The molecule has 0 N–H and O–H groups in total. The van der Waals surface area contributed by atoms with Crippen LogP contribution in [0.4, 0.5) is 13.2 Å². The van der Waals surface area contributed by atoms with Crippen molar-refractivity contribution in [1.82, 2.24) is 9.78 Å². The zero-order valence-corrected chi connectivity index (χ0v) is 18.4. The molecule has 0 radical (unpaired) electrons. The Balaban J connectivity index is 1.59. The Hall–Kier alpha value is -3.87. The van der Waals surface area contributed by atoms with Crippen molar-refractivity contribution >= 4 is 5.97 Å². The zero-order valence-electron chi connectivity index (χ0n) is 18.4. The number of halogens is 3. The molecule has 1 aliphatic rings. The quantitative estimate of drug-likeness (QED) is 0.348. The molecule has 4 nitrogen and oxygen atoms in total. The average Bonchev–Trinajstić information content (AvgIpc) is 3.26. The van der Waals surface area contributed by atoms with Gasteiger partial charge in [-0.2, -0.15) is 18.3 Å². The molecule has 0 unspecified atom stereocenters. The number of carbonyl (C=O) groups excluding carboxylic acids is 1. The molecule has 3 aromatic carbocycles. The van der Waals surface area contributed by atoms with E-state index in [1.807, 2.05) is 24.3 Å². The van der Waals surface area contributed by atoms with E-state index in [4.69, 9.17) is 4.74 Å². The maximum absolute atomic E-state index is 13.2. The molecule has 0 saturated heterocycles. The van der Waals surface area contributed by atoms with Crippen molar-refractivity contribution < 1.29 is 22.7 Å². The van der Waals surface area contributed by atoms with Crippen LogP contribution in [0.5, 0.6) is 0 Å². The van der Waals surface area contributed by atoms with Gasteiger partial charge in [0, 0.05) is 17.3 Å². The SMILES string of the molecule is COC(=O)Cc1cn(-c2cccc(C(F)(F)F)c2)nc1-c1ccc2c(c1)CCc1ccccc1-2. The summed E-state index contributed by atoms with van der Waals surface area (Å²) in [4.78, 5) is 12.1. The van der Waals surface area contributed by atoms with Crippen LogP contribution in [0, 0.1) is 0 Å². The zero-order chi connectivity index (χ0) is 23.9. The molecular formula is C27H21F3N2O2. The number of fused-ring (bicyclic) bond motifs is 3. The van der Waals surface area contributed by atoms with Gasteiger partial charge in [0.2, 0.25) is 0 Å². The van der Waals surface area contributed by atoms with E-state index < -0.39 is 17.7 Å². The van der Waals surface area contributed by atoms with Gasteiger partial charge in [-0.05, 0) is 59.4 Å².